The first-order chi connectivity index (χ1) is 12.1. The van der Waals surface area contributed by atoms with E-state index in [1.54, 1.807) is 0 Å². The smallest absolute Gasteiger partial charge is 0.263 e. The van der Waals surface area contributed by atoms with E-state index in [2.05, 4.69) is 10.2 Å². The predicted molar refractivity (Wildman–Crippen MR) is 99.9 cm³/mol. The zero-order valence-electron chi connectivity index (χ0n) is 15.5. The molecule has 0 aliphatic carbocycles. The van der Waals surface area contributed by atoms with Crippen LogP contribution in [0.1, 0.15) is 25.3 Å². The SMILES string of the molecule is Cc1cccc(OC(C)C(=O)N2CCN(CC3CCNCC3)CC2)c1. The van der Waals surface area contributed by atoms with Gasteiger partial charge in [-0.1, -0.05) is 12.1 Å². The van der Waals surface area contributed by atoms with E-state index in [4.69, 9.17) is 4.74 Å². The van der Waals surface area contributed by atoms with Gasteiger partial charge in [-0.3, -0.25) is 9.69 Å². The van der Waals surface area contributed by atoms with Gasteiger partial charge in [0.05, 0.1) is 0 Å². The number of ether oxygens (including phenoxy) is 1. The Morgan fingerprint density at radius 1 is 1.24 bits per heavy atom. The molecule has 2 aliphatic heterocycles. The molecule has 1 amide bonds. The van der Waals surface area contributed by atoms with E-state index in [-0.39, 0.29) is 5.91 Å². The van der Waals surface area contributed by atoms with Crippen LogP contribution in [0.4, 0.5) is 0 Å². The number of piperidine rings is 1. The number of rotatable bonds is 5. The van der Waals surface area contributed by atoms with Gasteiger partial charge in [0.2, 0.25) is 0 Å². The number of nitrogens with zero attached hydrogens (tertiary/aromatic N) is 2. The third kappa shape index (κ3) is 5.19. The molecule has 0 aromatic heterocycles. The van der Waals surface area contributed by atoms with Crippen molar-refractivity contribution in [3.8, 4) is 5.75 Å². The second-order valence-electron chi connectivity index (χ2n) is 7.40. The van der Waals surface area contributed by atoms with Gasteiger partial charge in [0.15, 0.2) is 6.10 Å². The molecule has 1 aromatic carbocycles. The Balaban J connectivity index is 1.44. The number of carbonyl (C=O) groups excluding carboxylic acids is 1. The number of aryl methyl sites for hydroxylation is 1. The van der Waals surface area contributed by atoms with Crippen molar-refractivity contribution in [1.82, 2.24) is 15.1 Å². The first-order valence-corrected chi connectivity index (χ1v) is 9.57. The van der Waals surface area contributed by atoms with E-state index in [0.29, 0.717) is 0 Å². The van der Waals surface area contributed by atoms with Crippen LogP contribution in [0, 0.1) is 12.8 Å². The van der Waals surface area contributed by atoms with Gasteiger partial charge in [0.25, 0.3) is 5.91 Å². The second-order valence-corrected chi connectivity index (χ2v) is 7.40. The number of carbonyl (C=O) groups is 1. The molecule has 2 saturated heterocycles. The summed E-state index contributed by atoms with van der Waals surface area (Å²) in [6, 6.07) is 7.87. The Bertz CT molecular complexity index is 564. The van der Waals surface area contributed by atoms with Crippen molar-refractivity contribution in [3.63, 3.8) is 0 Å². The highest BCUT2D eigenvalue weighted by molar-refractivity contribution is 5.81. The normalized spacial score (nSPS) is 21.1. The van der Waals surface area contributed by atoms with Crippen LogP contribution in [-0.4, -0.2) is 67.6 Å². The highest BCUT2D eigenvalue weighted by Crippen LogP contribution is 2.17. The minimum atomic E-state index is -0.433. The largest absolute Gasteiger partial charge is 0.481 e. The quantitative estimate of drug-likeness (QED) is 0.885. The standard InChI is InChI=1S/C20H31N3O2/c1-16-4-3-5-19(14-16)25-17(2)20(24)23-12-10-22(11-13-23)15-18-6-8-21-9-7-18/h3-5,14,17-18,21H,6-13,15H2,1-2H3. The van der Waals surface area contributed by atoms with Crippen molar-refractivity contribution < 1.29 is 9.53 Å². The number of nitrogens with one attached hydrogen (secondary N) is 1. The van der Waals surface area contributed by atoms with Crippen molar-refractivity contribution in [2.24, 2.45) is 5.92 Å². The third-order valence-electron chi connectivity index (χ3n) is 5.31. The fraction of sp³-hybridized carbons (Fsp3) is 0.650. The Morgan fingerprint density at radius 2 is 1.96 bits per heavy atom. The summed E-state index contributed by atoms with van der Waals surface area (Å²) in [5, 5.41) is 3.42. The van der Waals surface area contributed by atoms with Crippen LogP contribution in [0.3, 0.4) is 0 Å². The number of amides is 1. The number of hydrogen-bond acceptors (Lipinski definition) is 4. The highest BCUT2D eigenvalue weighted by Gasteiger charge is 2.27. The minimum absolute atomic E-state index is 0.100. The van der Waals surface area contributed by atoms with Gasteiger partial charge in [0, 0.05) is 32.7 Å². The van der Waals surface area contributed by atoms with Gasteiger partial charge >= 0.3 is 0 Å². The summed E-state index contributed by atoms with van der Waals surface area (Å²) in [6.45, 7) is 10.9. The van der Waals surface area contributed by atoms with E-state index in [1.807, 2.05) is 43.0 Å². The Hall–Kier alpha value is -1.59. The summed E-state index contributed by atoms with van der Waals surface area (Å²) in [4.78, 5) is 17.1. The van der Waals surface area contributed by atoms with Crippen molar-refractivity contribution in [1.29, 1.82) is 0 Å². The number of benzene rings is 1. The molecule has 2 aliphatic rings. The fourth-order valence-electron chi connectivity index (χ4n) is 3.78. The molecular weight excluding hydrogens is 314 g/mol. The first kappa shape index (κ1) is 18.2. The average molecular weight is 345 g/mol. The van der Waals surface area contributed by atoms with Gasteiger partial charge < -0.3 is 15.0 Å². The van der Waals surface area contributed by atoms with Crippen LogP contribution >= 0.6 is 0 Å². The summed E-state index contributed by atoms with van der Waals surface area (Å²) >= 11 is 0. The number of piperazine rings is 1. The van der Waals surface area contributed by atoms with E-state index in [9.17, 15) is 4.79 Å². The molecule has 0 bridgehead atoms. The molecule has 1 aromatic rings. The molecule has 2 fully saturated rings. The molecule has 2 heterocycles. The Kier molecular flexibility index (Phi) is 6.32. The molecule has 1 atom stereocenters. The lowest BCUT2D eigenvalue weighted by molar-refractivity contribution is -0.139. The molecule has 1 N–H and O–H groups in total. The van der Waals surface area contributed by atoms with Crippen LogP contribution in [0.25, 0.3) is 0 Å². The Morgan fingerprint density at radius 3 is 2.64 bits per heavy atom. The lowest BCUT2D eigenvalue weighted by Gasteiger charge is -2.38. The van der Waals surface area contributed by atoms with Crippen LogP contribution in [0.2, 0.25) is 0 Å². The van der Waals surface area contributed by atoms with Crippen molar-refractivity contribution in [2.75, 3.05) is 45.8 Å². The monoisotopic (exact) mass is 345 g/mol. The van der Waals surface area contributed by atoms with E-state index in [1.165, 1.54) is 19.4 Å². The minimum Gasteiger partial charge on any atom is -0.481 e. The van der Waals surface area contributed by atoms with Crippen molar-refractivity contribution in [3.05, 3.63) is 29.8 Å². The van der Waals surface area contributed by atoms with E-state index >= 15 is 0 Å². The molecular formula is C20H31N3O2. The zero-order valence-corrected chi connectivity index (χ0v) is 15.5. The van der Waals surface area contributed by atoms with E-state index < -0.39 is 6.10 Å². The van der Waals surface area contributed by atoms with Gasteiger partial charge in [-0.05, 0) is 63.4 Å². The molecule has 0 radical (unpaired) electrons. The lowest BCUT2D eigenvalue weighted by atomic mass is 9.97. The average Bonchev–Trinajstić information content (AvgIpc) is 2.62. The third-order valence-corrected chi connectivity index (χ3v) is 5.31. The maximum Gasteiger partial charge on any atom is 0.263 e. The number of hydrogen-bond donors (Lipinski definition) is 1. The molecule has 138 valence electrons. The van der Waals surface area contributed by atoms with Gasteiger partial charge in [-0.25, -0.2) is 0 Å². The van der Waals surface area contributed by atoms with Crippen LogP contribution in [-0.2, 0) is 4.79 Å². The van der Waals surface area contributed by atoms with Gasteiger partial charge in [0.1, 0.15) is 5.75 Å². The first-order valence-electron chi connectivity index (χ1n) is 9.57. The van der Waals surface area contributed by atoms with Crippen molar-refractivity contribution in [2.45, 2.75) is 32.8 Å². The summed E-state index contributed by atoms with van der Waals surface area (Å²) in [5.74, 6) is 1.68. The summed E-state index contributed by atoms with van der Waals surface area (Å²) < 4.78 is 5.85. The van der Waals surface area contributed by atoms with Crippen LogP contribution in [0.15, 0.2) is 24.3 Å². The van der Waals surface area contributed by atoms with Crippen LogP contribution in [0.5, 0.6) is 5.75 Å². The molecule has 5 heteroatoms. The molecule has 5 nitrogen and oxygen atoms in total. The van der Waals surface area contributed by atoms with E-state index in [0.717, 1.165) is 56.5 Å². The molecule has 3 rings (SSSR count). The molecule has 0 spiro atoms. The van der Waals surface area contributed by atoms with Gasteiger partial charge in [-0.15, -0.1) is 0 Å². The highest BCUT2D eigenvalue weighted by atomic mass is 16.5. The fourth-order valence-corrected chi connectivity index (χ4v) is 3.78. The van der Waals surface area contributed by atoms with Crippen LogP contribution < -0.4 is 10.1 Å². The lowest BCUT2D eigenvalue weighted by Crippen LogP contribution is -2.53. The van der Waals surface area contributed by atoms with Crippen molar-refractivity contribution >= 4 is 5.91 Å². The molecule has 1 unspecified atom stereocenters. The maximum absolute atomic E-state index is 12.7. The zero-order chi connectivity index (χ0) is 17.6. The van der Waals surface area contributed by atoms with Gasteiger partial charge in [-0.2, -0.15) is 0 Å². The molecule has 25 heavy (non-hydrogen) atoms. The maximum atomic E-state index is 12.7. The Labute approximate surface area is 151 Å². The predicted octanol–water partition coefficient (Wildman–Crippen LogP) is 1.91. The topological polar surface area (TPSA) is 44.8 Å². The summed E-state index contributed by atoms with van der Waals surface area (Å²) in [5.41, 5.74) is 1.14. The molecule has 0 saturated carbocycles. The second kappa shape index (κ2) is 8.68. The summed E-state index contributed by atoms with van der Waals surface area (Å²) in [6.07, 6.45) is 2.12. The summed E-state index contributed by atoms with van der Waals surface area (Å²) in [7, 11) is 0.